The van der Waals surface area contributed by atoms with Gasteiger partial charge in [0.25, 0.3) is 5.52 Å². The van der Waals surface area contributed by atoms with Gasteiger partial charge in [0.1, 0.15) is 0 Å². The number of rotatable bonds is 8. The molecule has 0 radical (unpaired) electrons. The fraction of sp³-hybridized carbons (Fsp3) is 0.700. The summed E-state index contributed by atoms with van der Waals surface area (Å²) >= 11 is 0. The Hall–Kier alpha value is -0.440. The standard InChI is InChI=1S/C10H19O4P/c1-5-7-13-15(12,14-8-6-2)10(11)9(3)4/h3,5-8H2,1-2,4H3. The van der Waals surface area contributed by atoms with E-state index < -0.39 is 13.1 Å². The lowest BCUT2D eigenvalue weighted by Gasteiger charge is -2.16. The highest BCUT2D eigenvalue weighted by Crippen LogP contribution is 2.50. The summed E-state index contributed by atoms with van der Waals surface area (Å²) in [6, 6.07) is 0. The van der Waals surface area contributed by atoms with Gasteiger partial charge in [-0.2, -0.15) is 0 Å². The molecule has 15 heavy (non-hydrogen) atoms. The smallest absolute Gasteiger partial charge is 0.303 e. The molecule has 0 aromatic rings. The van der Waals surface area contributed by atoms with Crippen LogP contribution in [-0.4, -0.2) is 18.7 Å². The van der Waals surface area contributed by atoms with E-state index in [1.165, 1.54) is 6.92 Å². The average molecular weight is 234 g/mol. The van der Waals surface area contributed by atoms with Crippen LogP contribution in [0.3, 0.4) is 0 Å². The number of carbonyl (C=O) groups excluding carboxylic acids is 1. The number of hydrogen-bond donors (Lipinski definition) is 0. The maximum absolute atomic E-state index is 12.0. The molecule has 0 N–H and O–H groups in total. The minimum Gasteiger partial charge on any atom is -0.303 e. The van der Waals surface area contributed by atoms with Gasteiger partial charge in [-0.05, 0) is 25.3 Å². The summed E-state index contributed by atoms with van der Waals surface area (Å²) in [5, 5.41) is 0. The van der Waals surface area contributed by atoms with Gasteiger partial charge in [0.2, 0.25) is 0 Å². The zero-order chi connectivity index (χ0) is 11.9. The molecule has 0 atom stereocenters. The Balaban J connectivity index is 4.61. The fourth-order valence-electron chi connectivity index (χ4n) is 0.811. The lowest BCUT2D eigenvalue weighted by atomic mass is 10.4. The van der Waals surface area contributed by atoms with Gasteiger partial charge in [0.05, 0.1) is 13.2 Å². The molecule has 0 saturated heterocycles. The number of allylic oxidation sites excluding steroid dienone is 1. The normalized spacial score (nSPS) is 11.4. The first kappa shape index (κ1) is 14.6. The third kappa shape index (κ3) is 4.74. The van der Waals surface area contributed by atoms with Crippen molar-refractivity contribution in [2.24, 2.45) is 0 Å². The Labute approximate surface area is 91.2 Å². The molecule has 0 aromatic carbocycles. The maximum Gasteiger partial charge on any atom is 0.401 e. The summed E-state index contributed by atoms with van der Waals surface area (Å²) in [5.41, 5.74) is -0.421. The SMILES string of the molecule is C=C(C)C(=O)P(=O)(OCCC)OCCC. The minimum atomic E-state index is -3.64. The zero-order valence-corrected chi connectivity index (χ0v) is 10.5. The van der Waals surface area contributed by atoms with E-state index in [2.05, 4.69) is 6.58 Å². The van der Waals surface area contributed by atoms with Gasteiger partial charge >= 0.3 is 7.60 Å². The van der Waals surface area contributed by atoms with Crippen molar-refractivity contribution in [3.8, 4) is 0 Å². The van der Waals surface area contributed by atoms with Crippen molar-refractivity contribution in [1.29, 1.82) is 0 Å². The second kappa shape index (κ2) is 6.94. The highest BCUT2D eigenvalue weighted by molar-refractivity contribution is 7.72. The summed E-state index contributed by atoms with van der Waals surface area (Å²) < 4.78 is 22.1. The first-order valence-electron chi connectivity index (χ1n) is 5.07. The van der Waals surface area contributed by atoms with Crippen LogP contribution in [0.4, 0.5) is 0 Å². The molecule has 0 saturated carbocycles. The van der Waals surface area contributed by atoms with Crippen LogP contribution in [0.2, 0.25) is 0 Å². The summed E-state index contributed by atoms with van der Waals surface area (Å²) in [6.07, 6.45) is 1.37. The lowest BCUT2D eigenvalue weighted by Crippen LogP contribution is -2.08. The van der Waals surface area contributed by atoms with Crippen molar-refractivity contribution in [1.82, 2.24) is 0 Å². The van der Waals surface area contributed by atoms with Crippen LogP contribution in [0.15, 0.2) is 12.2 Å². The molecule has 5 heteroatoms. The van der Waals surface area contributed by atoms with Crippen LogP contribution in [0.5, 0.6) is 0 Å². The quantitative estimate of drug-likeness (QED) is 0.478. The van der Waals surface area contributed by atoms with Crippen LogP contribution in [-0.2, 0) is 18.4 Å². The second-order valence-electron chi connectivity index (χ2n) is 3.25. The topological polar surface area (TPSA) is 52.6 Å². The largest absolute Gasteiger partial charge is 0.401 e. The monoisotopic (exact) mass is 234 g/mol. The van der Waals surface area contributed by atoms with Crippen LogP contribution in [0, 0.1) is 0 Å². The highest BCUT2D eigenvalue weighted by atomic mass is 31.2. The highest BCUT2D eigenvalue weighted by Gasteiger charge is 2.34. The first-order valence-corrected chi connectivity index (χ1v) is 6.61. The summed E-state index contributed by atoms with van der Waals surface area (Å²) in [7, 11) is -3.64. The van der Waals surface area contributed by atoms with Crippen molar-refractivity contribution >= 4 is 13.1 Å². The summed E-state index contributed by atoms with van der Waals surface area (Å²) in [6.45, 7) is 9.20. The molecule has 0 unspecified atom stereocenters. The molecular weight excluding hydrogens is 215 g/mol. The molecule has 88 valence electrons. The Bertz CT molecular complexity index is 261. The van der Waals surface area contributed by atoms with Crippen LogP contribution in [0.25, 0.3) is 0 Å². The van der Waals surface area contributed by atoms with Gasteiger partial charge in [0.15, 0.2) is 0 Å². The van der Waals surface area contributed by atoms with E-state index in [-0.39, 0.29) is 18.8 Å². The minimum absolute atomic E-state index is 0.200. The predicted octanol–water partition coefficient (Wildman–Crippen LogP) is 3.14. The Morgan fingerprint density at radius 3 is 1.87 bits per heavy atom. The van der Waals surface area contributed by atoms with E-state index in [9.17, 15) is 9.36 Å². The van der Waals surface area contributed by atoms with Crippen molar-refractivity contribution in [3.05, 3.63) is 12.2 Å². The van der Waals surface area contributed by atoms with Crippen LogP contribution >= 0.6 is 7.60 Å². The Morgan fingerprint density at radius 2 is 1.60 bits per heavy atom. The molecule has 0 fully saturated rings. The van der Waals surface area contributed by atoms with Crippen LogP contribution in [0.1, 0.15) is 33.6 Å². The van der Waals surface area contributed by atoms with Gasteiger partial charge in [-0.1, -0.05) is 20.4 Å². The molecule has 0 aliphatic carbocycles. The molecule has 4 nitrogen and oxygen atoms in total. The van der Waals surface area contributed by atoms with Crippen molar-refractivity contribution < 1.29 is 18.4 Å². The van der Waals surface area contributed by atoms with Gasteiger partial charge in [-0.15, -0.1) is 0 Å². The molecule has 0 amide bonds. The van der Waals surface area contributed by atoms with E-state index in [0.29, 0.717) is 12.8 Å². The molecule has 0 bridgehead atoms. The van der Waals surface area contributed by atoms with E-state index >= 15 is 0 Å². The van der Waals surface area contributed by atoms with Gasteiger partial charge < -0.3 is 9.05 Å². The molecule has 0 aliphatic heterocycles. The molecule has 0 heterocycles. The van der Waals surface area contributed by atoms with E-state index in [0.717, 1.165) is 0 Å². The fourth-order valence-corrected chi connectivity index (χ4v) is 2.43. The molecular formula is C10H19O4P. The third-order valence-corrected chi connectivity index (χ3v) is 3.47. The maximum atomic E-state index is 12.0. The Kier molecular flexibility index (Phi) is 6.73. The van der Waals surface area contributed by atoms with Crippen LogP contribution < -0.4 is 0 Å². The third-order valence-electron chi connectivity index (χ3n) is 1.54. The molecule has 0 aromatic heterocycles. The number of hydrogen-bond acceptors (Lipinski definition) is 4. The average Bonchev–Trinajstić information content (AvgIpc) is 2.22. The zero-order valence-electron chi connectivity index (χ0n) is 9.62. The predicted molar refractivity (Wildman–Crippen MR) is 59.9 cm³/mol. The first-order chi connectivity index (χ1) is 6.98. The van der Waals surface area contributed by atoms with E-state index in [1.54, 1.807) is 0 Å². The van der Waals surface area contributed by atoms with Crippen molar-refractivity contribution in [2.75, 3.05) is 13.2 Å². The summed E-state index contributed by atoms with van der Waals surface area (Å²) in [4.78, 5) is 11.6. The van der Waals surface area contributed by atoms with Gasteiger partial charge in [0, 0.05) is 0 Å². The molecule has 0 aliphatic rings. The number of carbonyl (C=O) groups is 1. The van der Waals surface area contributed by atoms with Crippen molar-refractivity contribution in [3.63, 3.8) is 0 Å². The van der Waals surface area contributed by atoms with Gasteiger partial charge in [-0.25, -0.2) is 0 Å². The van der Waals surface area contributed by atoms with E-state index in [4.69, 9.17) is 9.05 Å². The van der Waals surface area contributed by atoms with Crippen molar-refractivity contribution in [2.45, 2.75) is 33.6 Å². The summed E-state index contributed by atoms with van der Waals surface area (Å²) in [5.74, 6) is 0. The lowest BCUT2D eigenvalue weighted by molar-refractivity contribution is -0.110. The second-order valence-corrected chi connectivity index (χ2v) is 5.17. The van der Waals surface area contributed by atoms with E-state index in [1.807, 2.05) is 13.8 Å². The Morgan fingerprint density at radius 1 is 1.20 bits per heavy atom. The van der Waals surface area contributed by atoms with Gasteiger partial charge in [-0.3, -0.25) is 9.36 Å². The molecule has 0 spiro atoms. The molecule has 0 rings (SSSR count).